The van der Waals surface area contributed by atoms with Gasteiger partial charge in [-0.1, -0.05) is 36.4 Å². The van der Waals surface area contributed by atoms with Crippen molar-refractivity contribution in [2.45, 2.75) is 6.61 Å². The molecular weight excluding hydrogens is 360 g/mol. The van der Waals surface area contributed by atoms with Crippen molar-refractivity contribution in [3.05, 3.63) is 65.2 Å². The van der Waals surface area contributed by atoms with Crippen LogP contribution in [0.25, 0.3) is 6.08 Å². The van der Waals surface area contributed by atoms with E-state index >= 15 is 0 Å². The minimum Gasteiger partial charge on any atom is -0.493 e. The number of amides is 4. The van der Waals surface area contributed by atoms with Gasteiger partial charge >= 0.3 is 6.03 Å². The van der Waals surface area contributed by atoms with Crippen molar-refractivity contribution in [3.8, 4) is 11.5 Å². The van der Waals surface area contributed by atoms with Gasteiger partial charge in [-0.2, -0.15) is 0 Å². The SMILES string of the molecule is COc1cc(C=C2C(=O)N(C)C(=O)N(C)C2=O)ccc1OCc1ccccc1. The fourth-order valence-corrected chi connectivity index (χ4v) is 2.77. The molecule has 2 aromatic rings. The summed E-state index contributed by atoms with van der Waals surface area (Å²) in [5.74, 6) is -0.272. The van der Waals surface area contributed by atoms with Gasteiger partial charge in [0.05, 0.1) is 7.11 Å². The van der Waals surface area contributed by atoms with Gasteiger partial charge in [-0.25, -0.2) is 4.79 Å². The summed E-state index contributed by atoms with van der Waals surface area (Å²) in [5, 5.41) is 0. The molecule has 0 N–H and O–H groups in total. The Balaban J connectivity index is 1.85. The number of urea groups is 1. The van der Waals surface area contributed by atoms with Crippen LogP contribution in [0.2, 0.25) is 0 Å². The van der Waals surface area contributed by atoms with E-state index in [1.165, 1.54) is 27.3 Å². The molecule has 0 aliphatic carbocycles. The lowest BCUT2D eigenvalue weighted by Crippen LogP contribution is -2.52. The van der Waals surface area contributed by atoms with Crippen molar-refractivity contribution in [1.29, 1.82) is 0 Å². The van der Waals surface area contributed by atoms with Crippen LogP contribution in [0.4, 0.5) is 4.79 Å². The molecular formula is C21H20N2O5. The molecule has 1 aliphatic heterocycles. The number of benzene rings is 2. The highest BCUT2D eigenvalue weighted by molar-refractivity contribution is 6.30. The van der Waals surface area contributed by atoms with Crippen LogP contribution in [0, 0.1) is 0 Å². The molecule has 28 heavy (non-hydrogen) atoms. The van der Waals surface area contributed by atoms with E-state index in [2.05, 4.69) is 0 Å². The molecule has 0 saturated carbocycles. The number of ether oxygens (including phenoxy) is 2. The normalized spacial score (nSPS) is 14.4. The monoisotopic (exact) mass is 380 g/mol. The Labute approximate surface area is 162 Å². The van der Waals surface area contributed by atoms with Crippen LogP contribution < -0.4 is 9.47 Å². The number of carbonyl (C=O) groups excluding carboxylic acids is 3. The fourth-order valence-electron chi connectivity index (χ4n) is 2.77. The molecule has 0 unspecified atom stereocenters. The zero-order valence-electron chi connectivity index (χ0n) is 15.8. The molecule has 7 nitrogen and oxygen atoms in total. The Hall–Kier alpha value is -3.61. The van der Waals surface area contributed by atoms with E-state index in [4.69, 9.17) is 9.47 Å². The first-order valence-corrected chi connectivity index (χ1v) is 8.59. The molecule has 0 radical (unpaired) electrons. The zero-order valence-corrected chi connectivity index (χ0v) is 15.8. The topological polar surface area (TPSA) is 76.2 Å². The molecule has 2 aromatic carbocycles. The average Bonchev–Trinajstić information content (AvgIpc) is 2.73. The Morgan fingerprint density at radius 2 is 1.54 bits per heavy atom. The quantitative estimate of drug-likeness (QED) is 0.589. The molecule has 3 rings (SSSR count). The van der Waals surface area contributed by atoms with Crippen LogP contribution >= 0.6 is 0 Å². The summed E-state index contributed by atoms with van der Waals surface area (Å²) in [7, 11) is 4.18. The summed E-state index contributed by atoms with van der Waals surface area (Å²) in [5.41, 5.74) is 1.51. The van der Waals surface area contributed by atoms with Gasteiger partial charge in [0.15, 0.2) is 11.5 Å². The first kappa shape index (κ1) is 19.2. The van der Waals surface area contributed by atoms with Crippen molar-refractivity contribution in [2.24, 2.45) is 0 Å². The van der Waals surface area contributed by atoms with Crippen molar-refractivity contribution >= 4 is 23.9 Å². The maximum absolute atomic E-state index is 12.3. The predicted octanol–water partition coefficient (Wildman–Crippen LogP) is 2.71. The number of rotatable bonds is 5. The standard InChI is InChI=1S/C21H20N2O5/c1-22-19(24)16(20(25)23(2)21(22)26)11-15-9-10-17(18(12-15)27-3)28-13-14-7-5-4-6-8-14/h4-12H,13H2,1-3H3. The molecule has 7 heteroatoms. The Bertz CT molecular complexity index is 927. The summed E-state index contributed by atoms with van der Waals surface area (Å²) in [6.45, 7) is 0.381. The van der Waals surface area contributed by atoms with Gasteiger partial charge in [-0.15, -0.1) is 0 Å². The highest BCUT2D eigenvalue weighted by Crippen LogP contribution is 2.30. The van der Waals surface area contributed by atoms with Gasteiger partial charge in [-0.3, -0.25) is 19.4 Å². The summed E-state index contributed by atoms with van der Waals surface area (Å²) in [4.78, 5) is 38.3. The van der Waals surface area contributed by atoms with E-state index in [0.717, 1.165) is 15.4 Å². The van der Waals surface area contributed by atoms with E-state index in [1.54, 1.807) is 18.2 Å². The maximum atomic E-state index is 12.3. The van der Waals surface area contributed by atoms with Gasteiger partial charge in [0, 0.05) is 14.1 Å². The zero-order chi connectivity index (χ0) is 20.3. The van der Waals surface area contributed by atoms with Crippen molar-refractivity contribution in [3.63, 3.8) is 0 Å². The van der Waals surface area contributed by atoms with Gasteiger partial charge in [-0.05, 0) is 29.3 Å². The number of likely N-dealkylation sites (N-methyl/N-ethyl adjacent to an activating group) is 2. The number of methoxy groups -OCH3 is 1. The third kappa shape index (κ3) is 3.73. The van der Waals surface area contributed by atoms with E-state index in [9.17, 15) is 14.4 Å². The largest absolute Gasteiger partial charge is 0.493 e. The smallest absolute Gasteiger partial charge is 0.333 e. The fraction of sp³-hybridized carbons (Fsp3) is 0.190. The van der Waals surface area contributed by atoms with Crippen LogP contribution in [-0.2, 0) is 16.2 Å². The number of nitrogens with zero attached hydrogens (tertiary/aromatic N) is 2. The van der Waals surface area contributed by atoms with E-state index < -0.39 is 17.8 Å². The highest BCUT2D eigenvalue weighted by Gasteiger charge is 2.37. The Kier molecular flexibility index (Phi) is 5.44. The number of imide groups is 2. The molecule has 0 spiro atoms. The third-order valence-electron chi connectivity index (χ3n) is 4.38. The molecule has 1 aliphatic rings. The van der Waals surface area contributed by atoms with Crippen LogP contribution in [0.5, 0.6) is 11.5 Å². The molecule has 0 atom stereocenters. The van der Waals surface area contributed by atoms with Gasteiger partial charge in [0.2, 0.25) is 0 Å². The van der Waals surface area contributed by atoms with Crippen LogP contribution in [-0.4, -0.2) is 48.9 Å². The minimum absolute atomic E-state index is 0.0930. The second-order valence-corrected chi connectivity index (χ2v) is 6.25. The van der Waals surface area contributed by atoms with Crippen molar-refractivity contribution < 1.29 is 23.9 Å². The molecule has 1 saturated heterocycles. The van der Waals surface area contributed by atoms with Crippen LogP contribution in [0.3, 0.4) is 0 Å². The first-order valence-electron chi connectivity index (χ1n) is 8.59. The number of carbonyl (C=O) groups is 3. The lowest BCUT2D eigenvalue weighted by atomic mass is 10.1. The number of hydrogen-bond acceptors (Lipinski definition) is 5. The van der Waals surface area contributed by atoms with E-state index in [0.29, 0.717) is 23.7 Å². The Morgan fingerprint density at radius 3 is 2.14 bits per heavy atom. The third-order valence-corrected chi connectivity index (χ3v) is 4.38. The highest BCUT2D eigenvalue weighted by atomic mass is 16.5. The van der Waals surface area contributed by atoms with E-state index in [1.807, 2.05) is 30.3 Å². The summed E-state index contributed by atoms with van der Waals surface area (Å²) >= 11 is 0. The lowest BCUT2D eigenvalue weighted by molar-refractivity contribution is -0.134. The van der Waals surface area contributed by atoms with Gasteiger partial charge < -0.3 is 9.47 Å². The second kappa shape index (κ2) is 7.96. The predicted molar refractivity (Wildman–Crippen MR) is 103 cm³/mol. The number of barbiturate groups is 1. The van der Waals surface area contributed by atoms with Crippen molar-refractivity contribution in [2.75, 3.05) is 21.2 Å². The van der Waals surface area contributed by atoms with E-state index in [-0.39, 0.29) is 5.57 Å². The lowest BCUT2D eigenvalue weighted by Gasteiger charge is -2.28. The average molecular weight is 380 g/mol. The second-order valence-electron chi connectivity index (χ2n) is 6.25. The molecule has 0 aromatic heterocycles. The summed E-state index contributed by atoms with van der Waals surface area (Å²) in [6, 6.07) is 14.2. The molecule has 0 bridgehead atoms. The maximum Gasteiger partial charge on any atom is 0.333 e. The molecule has 1 fully saturated rings. The Morgan fingerprint density at radius 1 is 0.893 bits per heavy atom. The minimum atomic E-state index is -0.658. The van der Waals surface area contributed by atoms with Crippen LogP contribution in [0.1, 0.15) is 11.1 Å². The summed E-state index contributed by atoms with van der Waals surface area (Å²) < 4.78 is 11.2. The van der Waals surface area contributed by atoms with Gasteiger partial charge in [0.1, 0.15) is 12.2 Å². The molecule has 144 valence electrons. The van der Waals surface area contributed by atoms with Crippen LogP contribution in [0.15, 0.2) is 54.1 Å². The van der Waals surface area contributed by atoms with Crippen molar-refractivity contribution in [1.82, 2.24) is 9.80 Å². The van der Waals surface area contributed by atoms with Gasteiger partial charge in [0.25, 0.3) is 11.8 Å². The first-order chi connectivity index (χ1) is 13.4. The molecule has 4 amide bonds. The molecule has 1 heterocycles. The number of hydrogen-bond donors (Lipinski definition) is 0. The summed E-state index contributed by atoms with van der Waals surface area (Å²) in [6.07, 6.45) is 1.44.